The fourth-order valence-electron chi connectivity index (χ4n) is 4.14. The second-order valence-corrected chi connectivity index (χ2v) is 9.50. The number of methoxy groups -OCH3 is 1. The number of thiazole rings is 1. The van der Waals surface area contributed by atoms with Gasteiger partial charge < -0.3 is 14.0 Å². The second-order valence-electron chi connectivity index (χ2n) is 8.47. The minimum absolute atomic E-state index is 0.0315. The van der Waals surface area contributed by atoms with Crippen LogP contribution in [0.2, 0.25) is 0 Å². The van der Waals surface area contributed by atoms with Crippen molar-refractivity contribution < 1.29 is 14.3 Å². The summed E-state index contributed by atoms with van der Waals surface area (Å²) in [6.07, 6.45) is 3.42. The highest BCUT2D eigenvalue weighted by Gasteiger charge is 2.13. The molecular weight excluding hydrogens is 496 g/mol. The quantitative estimate of drug-likeness (QED) is 0.138. The molecule has 38 heavy (non-hydrogen) atoms. The van der Waals surface area contributed by atoms with Crippen molar-refractivity contribution in [3.8, 4) is 45.0 Å². The largest absolute Gasteiger partial charge is 0.497 e. The number of carbonyl (C=O) groups excluding carboxylic acids is 1. The third-order valence-corrected chi connectivity index (χ3v) is 7.17. The molecule has 0 saturated heterocycles. The standard InChI is InChI=1S/C30H24N4O3S/c1-4-37-30(35)23(17-31)15-19-5-14-25-27(16-19)38-29(33-25)22-8-6-21(7-9-22)28-32-18-26(34(28)2)20-10-12-24(36-3)13-11-20/h5-16,18H,4H2,1-3H3/b23-15+. The van der Waals surface area contributed by atoms with Gasteiger partial charge in [-0.2, -0.15) is 5.26 Å². The molecule has 5 rings (SSSR count). The number of rotatable bonds is 7. The van der Waals surface area contributed by atoms with Crippen LogP contribution in [0.5, 0.6) is 5.75 Å². The number of aromatic nitrogens is 3. The number of ether oxygens (including phenoxy) is 2. The van der Waals surface area contributed by atoms with Crippen LogP contribution in [0.15, 0.2) is 78.5 Å². The maximum atomic E-state index is 11.9. The number of nitriles is 1. The van der Waals surface area contributed by atoms with E-state index in [1.807, 2.05) is 86.0 Å². The highest BCUT2D eigenvalue weighted by molar-refractivity contribution is 7.21. The van der Waals surface area contributed by atoms with Crippen LogP contribution in [0.1, 0.15) is 12.5 Å². The van der Waals surface area contributed by atoms with Crippen molar-refractivity contribution >= 4 is 33.6 Å². The van der Waals surface area contributed by atoms with E-state index >= 15 is 0 Å². The van der Waals surface area contributed by atoms with Gasteiger partial charge in [0, 0.05) is 23.7 Å². The van der Waals surface area contributed by atoms with Crippen molar-refractivity contribution in [3.63, 3.8) is 0 Å². The van der Waals surface area contributed by atoms with Gasteiger partial charge in [-0.1, -0.05) is 30.3 Å². The third kappa shape index (κ3) is 4.92. The molecule has 0 atom stereocenters. The number of esters is 1. The molecule has 0 amide bonds. The predicted molar refractivity (Wildman–Crippen MR) is 149 cm³/mol. The summed E-state index contributed by atoms with van der Waals surface area (Å²) in [7, 11) is 3.67. The van der Waals surface area contributed by atoms with E-state index in [2.05, 4.69) is 9.55 Å². The summed E-state index contributed by atoms with van der Waals surface area (Å²) < 4.78 is 13.3. The lowest BCUT2D eigenvalue weighted by Crippen LogP contribution is -2.05. The summed E-state index contributed by atoms with van der Waals surface area (Å²) in [5, 5.41) is 10.2. The molecule has 2 aromatic heterocycles. The lowest BCUT2D eigenvalue weighted by Gasteiger charge is -2.08. The number of nitrogens with zero attached hydrogens (tertiary/aromatic N) is 4. The topological polar surface area (TPSA) is 90.0 Å². The zero-order valence-corrected chi connectivity index (χ0v) is 22.0. The molecule has 2 heterocycles. The summed E-state index contributed by atoms with van der Waals surface area (Å²) in [6.45, 7) is 1.93. The summed E-state index contributed by atoms with van der Waals surface area (Å²) >= 11 is 1.56. The van der Waals surface area contributed by atoms with E-state index in [-0.39, 0.29) is 12.2 Å². The lowest BCUT2D eigenvalue weighted by atomic mass is 10.1. The minimum Gasteiger partial charge on any atom is -0.497 e. The Morgan fingerprint density at radius 1 is 1.05 bits per heavy atom. The predicted octanol–water partition coefficient (Wildman–Crippen LogP) is 6.51. The van der Waals surface area contributed by atoms with Gasteiger partial charge in [-0.15, -0.1) is 11.3 Å². The molecule has 0 fully saturated rings. The summed E-state index contributed by atoms with van der Waals surface area (Å²) in [5.74, 6) is 1.07. The van der Waals surface area contributed by atoms with Crippen molar-refractivity contribution in [2.24, 2.45) is 7.05 Å². The SMILES string of the molecule is CCOC(=O)/C(C#N)=C/c1ccc2nc(-c3ccc(-c4ncc(-c5ccc(OC)cc5)n4C)cc3)sc2c1. The monoisotopic (exact) mass is 520 g/mol. The Morgan fingerprint density at radius 3 is 2.45 bits per heavy atom. The van der Waals surface area contributed by atoms with Crippen LogP contribution in [0.25, 0.3) is 49.5 Å². The first-order valence-corrected chi connectivity index (χ1v) is 12.8. The van der Waals surface area contributed by atoms with Crippen LogP contribution in [0, 0.1) is 11.3 Å². The zero-order chi connectivity index (χ0) is 26.6. The second kappa shape index (κ2) is 10.7. The molecule has 3 aromatic carbocycles. The molecule has 0 N–H and O–H groups in total. The summed E-state index contributed by atoms with van der Waals surface area (Å²) in [6, 6.07) is 23.7. The Balaban J connectivity index is 1.39. The number of fused-ring (bicyclic) bond motifs is 1. The summed E-state index contributed by atoms with van der Waals surface area (Å²) in [5.41, 5.74) is 5.66. The molecule has 7 nitrogen and oxygen atoms in total. The minimum atomic E-state index is -0.621. The summed E-state index contributed by atoms with van der Waals surface area (Å²) in [4.78, 5) is 21.4. The molecule has 0 unspecified atom stereocenters. The van der Waals surface area contributed by atoms with Crippen molar-refractivity contribution in [3.05, 3.63) is 84.1 Å². The number of carbonyl (C=O) groups is 1. The van der Waals surface area contributed by atoms with Crippen molar-refractivity contribution in [2.75, 3.05) is 13.7 Å². The van der Waals surface area contributed by atoms with E-state index < -0.39 is 5.97 Å². The van der Waals surface area contributed by atoms with E-state index in [1.54, 1.807) is 31.4 Å². The van der Waals surface area contributed by atoms with Gasteiger partial charge in [-0.05, 0) is 55.0 Å². The van der Waals surface area contributed by atoms with Crippen LogP contribution in [-0.4, -0.2) is 34.2 Å². The molecule has 0 bridgehead atoms. The molecule has 0 aliphatic rings. The average Bonchev–Trinajstić information content (AvgIpc) is 3.55. The molecule has 5 aromatic rings. The Labute approximate surface area is 224 Å². The van der Waals surface area contributed by atoms with Crippen LogP contribution < -0.4 is 4.74 Å². The van der Waals surface area contributed by atoms with E-state index in [9.17, 15) is 10.1 Å². The van der Waals surface area contributed by atoms with Crippen molar-refractivity contribution in [1.29, 1.82) is 5.26 Å². The fourth-order valence-corrected chi connectivity index (χ4v) is 5.16. The molecule has 0 radical (unpaired) electrons. The van der Waals surface area contributed by atoms with Crippen molar-refractivity contribution in [1.82, 2.24) is 14.5 Å². The maximum Gasteiger partial charge on any atom is 0.348 e. The van der Waals surface area contributed by atoms with Gasteiger partial charge >= 0.3 is 5.97 Å². The number of hydrogen-bond donors (Lipinski definition) is 0. The normalized spacial score (nSPS) is 11.4. The highest BCUT2D eigenvalue weighted by Crippen LogP contribution is 2.33. The molecule has 0 saturated carbocycles. The first kappa shape index (κ1) is 24.9. The fraction of sp³-hybridized carbons (Fsp3) is 0.133. The molecule has 188 valence electrons. The van der Waals surface area contributed by atoms with Crippen LogP contribution in [0.4, 0.5) is 0 Å². The molecule has 0 spiro atoms. The van der Waals surface area contributed by atoms with Crippen LogP contribution in [-0.2, 0) is 16.6 Å². The van der Waals surface area contributed by atoms with E-state index in [0.29, 0.717) is 0 Å². The van der Waals surface area contributed by atoms with Crippen LogP contribution >= 0.6 is 11.3 Å². The van der Waals surface area contributed by atoms with E-state index in [0.717, 1.165) is 54.7 Å². The Hall–Kier alpha value is -4.74. The van der Waals surface area contributed by atoms with Gasteiger partial charge in [-0.3, -0.25) is 0 Å². The van der Waals surface area contributed by atoms with Gasteiger partial charge in [0.2, 0.25) is 0 Å². The Kier molecular flexibility index (Phi) is 7.03. The van der Waals surface area contributed by atoms with Gasteiger partial charge in [0.25, 0.3) is 0 Å². The average molecular weight is 521 g/mol. The number of hydrogen-bond acceptors (Lipinski definition) is 7. The maximum absolute atomic E-state index is 11.9. The third-order valence-electron chi connectivity index (χ3n) is 6.10. The molecular formula is C30H24N4O3S. The number of imidazole rings is 1. The van der Waals surface area contributed by atoms with Gasteiger partial charge in [0.1, 0.15) is 28.2 Å². The van der Waals surface area contributed by atoms with Gasteiger partial charge in [0.15, 0.2) is 0 Å². The smallest absolute Gasteiger partial charge is 0.348 e. The zero-order valence-electron chi connectivity index (χ0n) is 21.1. The van der Waals surface area contributed by atoms with Crippen molar-refractivity contribution in [2.45, 2.75) is 6.92 Å². The number of benzene rings is 3. The first-order chi connectivity index (χ1) is 18.5. The molecule has 0 aliphatic heterocycles. The Morgan fingerprint density at radius 2 is 1.76 bits per heavy atom. The highest BCUT2D eigenvalue weighted by atomic mass is 32.1. The van der Waals surface area contributed by atoms with E-state index in [1.165, 1.54) is 0 Å². The Bertz CT molecular complexity index is 1690. The van der Waals surface area contributed by atoms with Crippen LogP contribution in [0.3, 0.4) is 0 Å². The lowest BCUT2D eigenvalue weighted by molar-refractivity contribution is -0.137. The molecule has 0 aliphatic carbocycles. The van der Waals surface area contributed by atoms with E-state index in [4.69, 9.17) is 14.5 Å². The van der Waals surface area contributed by atoms with Gasteiger partial charge in [-0.25, -0.2) is 14.8 Å². The molecule has 8 heteroatoms. The first-order valence-electron chi connectivity index (χ1n) is 12.0. The van der Waals surface area contributed by atoms with Gasteiger partial charge in [0.05, 0.1) is 35.8 Å².